The van der Waals surface area contributed by atoms with Crippen LogP contribution in [-0.4, -0.2) is 90.2 Å². The maximum absolute atomic E-state index is 13.9. The zero-order valence-corrected chi connectivity index (χ0v) is 24.1. The van der Waals surface area contributed by atoms with Crippen LogP contribution in [0.5, 0.6) is 0 Å². The molecule has 2 aromatic heterocycles. The summed E-state index contributed by atoms with van der Waals surface area (Å²) in [4.78, 5) is 14.3. The highest BCUT2D eigenvalue weighted by Crippen LogP contribution is 2.36. The average molecular weight is 601 g/mol. The van der Waals surface area contributed by atoms with Crippen LogP contribution in [0.15, 0.2) is 36.9 Å². The van der Waals surface area contributed by atoms with Gasteiger partial charge in [0.25, 0.3) is 0 Å². The largest absolute Gasteiger partial charge is 0.420 e. The van der Waals surface area contributed by atoms with Crippen molar-refractivity contribution in [1.29, 1.82) is 0 Å². The summed E-state index contributed by atoms with van der Waals surface area (Å²) in [6, 6.07) is 5.45. The second-order valence-corrected chi connectivity index (χ2v) is 12.3. The van der Waals surface area contributed by atoms with E-state index in [0.29, 0.717) is 43.2 Å². The molecule has 1 aliphatic heterocycles. The first-order chi connectivity index (χ1) is 18.8. The van der Waals surface area contributed by atoms with Crippen molar-refractivity contribution in [3.05, 3.63) is 53.1 Å². The van der Waals surface area contributed by atoms with Gasteiger partial charge in [0.2, 0.25) is 16.0 Å². The van der Waals surface area contributed by atoms with Crippen molar-refractivity contribution in [3.63, 3.8) is 0 Å². The van der Waals surface area contributed by atoms with Crippen LogP contribution >= 0.6 is 11.6 Å². The molecule has 218 valence electrons. The summed E-state index contributed by atoms with van der Waals surface area (Å²) in [5.74, 6) is 0.0111. The van der Waals surface area contributed by atoms with Gasteiger partial charge < -0.3 is 20.1 Å². The van der Waals surface area contributed by atoms with Gasteiger partial charge >= 0.3 is 6.18 Å². The number of anilines is 1. The molecule has 0 saturated carbocycles. The molecule has 1 aliphatic rings. The first kappa shape index (κ1) is 30.2. The molecule has 1 atom stereocenters. The molecule has 1 aromatic carbocycles. The van der Waals surface area contributed by atoms with Crippen molar-refractivity contribution in [2.45, 2.75) is 31.1 Å². The minimum absolute atomic E-state index is 0.00571. The maximum Gasteiger partial charge on any atom is 0.420 e. The SMILES string of the molecule is CNCC(c1ccc(-n2cnc(-c3nc(NC4CCN(S(C)(=O)=O)CC4)ncc3C(F)(F)F)c2)c(Cl)c1)N(C)C. The zero-order chi connectivity index (χ0) is 29.2. The molecule has 1 fully saturated rings. The number of imidazole rings is 1. The monoisotopic (exact) mass is 600 g/mol. The molecule has 4 rings (SSSR count). The van der Waals surface area contributed by atoms with Gasteiger partial charge in [-0.3, -0.25) is 0 Å². The van der Waals surface area contributed by atoms with Crippen LogP contribution in [0.1, 0.15) is 30.0 Å². The fourth-order valence-corrected chi connectivity index (χ4v) is 5.84. The van der Waals surface area contributed by atoms with Crippen LogP contribution < -0.4 is 10.6 Å². The van der Waals surface area contributed by atoms with Gasteiger partial charge in [-0.1, -0.05) is 17.7 Å². The Morgan fingerprint density at radius 1 is 1.20 bits per heavy atom. The van der Waals surface area contributed by atoms with Crippen LogP contribution in [0.25, 0.3) is 17.1 Å². The molecular weight excluding hydrogens is 569 g/mol. The van der Waals surface area contributed by atoms with Crippen molar-refractivity contribution in [3.8, 4) is 17.1 Å². The van der Waals surface area contributed by atoms with E-state index >= 15 is 0 Å². The second-order valence-electron chi connectivity index (χ2n) is 9.95. The summed E-state index contributed by atoms with van der Waals surface area (Å²) in [5, 5.41) is 6.63. The number of halogens is 4. The van der Waals surface area contributed by atoms with Gasteiger partial charge in [0.15, 0.2) is 0 Å². The summed E-state index contributed by atoms with van der Waals surface area (Å²) in [5.41, 5.74) is 0.168. The number of likely N-dealkylation sites (N-methyl/N-ethyl adjacent to an activating group) is 2. The summed E-state index contributed by atoms with van der Waals surface area (Å²) in [7, 11) is 2.50. The zero-order valence-electron chi connectivity index (χ0n) is 22.6. The Balaban J connectivity index is 1.61. The van der Waals surface area contributed by atoms with Crippen LogP contribution in [0.3, 0.4) is 0 Å². The highest BCUT2D eigenvalue weighted by atomic mass is 35.5. The molecule has 3 heterocycles. The lowest BCUT2D eigenvalue weighted by Crippen LogP contribution is -2.42. The van der Waals surface area contributed by atoms with E-state index in [4.69, 9.17) is 11.6 Å². The molecular formula is C25H32ClF3N8O2S. The quantitative estimate of drug-likeness (QED) is 0.383. The van der Waals surface area contributed by atoms with Crippen LogP contribution in [0, 0.1) is 0 Å². The van der Waals surface area contributed by atoms with E-state index in [2.05, 4.69) is 30.5 Å². The minimum atomic E-state index is -4.70. The molecule has 10 nitrogen and oxygen atoms in total. The van der Waals surface area contributed by atoms with E-state index in [1.54, 1.807) is 10.6 Å². The highest BCUT2D eigenvalue weighted by Gasteiger charge is 2.36. The minimum Gasteiger partial charge on any atom is -0.351 e. The van der Waals surface area contributed by atoms with E-state index in [0.717, 1.165) is 18.0 Å². The molecule has 0 spiro atoms. The number of aromatic nitrogens is 4. The standard InChI is InChI=1S/C25H32ClF3N8O2S/c1-30-13-22(35(2)3)16-5-6-21(19(26)11-16)36-14-20(32-15-36)23-18(25(27,28)29)12-31-24(34-23)33-17-7-9-37(10-8-17)40(4,38)39/h5-6,11-12,14-15,17,22,30H,7-10,13H2,1-4H3,(H,31,33,34). The number of sulfonamides is 1. The number of alkyl halides is 3. The Hall–Kier alpha value is -2.78. The third-order valence-electron chi connectivity index (χ3n) is 6.83. The van der Waals surface area contributed by atoms with Crippen molar-refractivity contribution in [2.24, 2.45) is 0 Å². The van der Waals surface area contributed by atoms with Crippen molar-refractivity contribution in [1.82, 2.24) is 34.0 Å². The number of rotatable bonds is 9. The number of hydrogen-bond acceptors (Lipinski definition) is 8. The molecule has 3 aromatic rings. The van der Waals surface area contributed by atoms with E-state index < -0.39 is 21.8 Å². The summed E-state index contributed by atoms with van der Waals surface area (Å²) in [6.07, 6.45) is 0.967. The number of nitrogens with zero attached hydrogens (tertiary/aromatic N) is 6. The first-order valence-corrected chi connectivity index (χ1v) is 14.8. The van der Waals surface area contributed by atoms with Crippen LogP contribution in [0.2, 0.25) is 5.02 Å². The Bertz CT molecular complexity index is 1440. The predicted octanol–water partition coefficient (Wildman–Crippen LogP) is 3.66. The second kappa shape index (κ2) is 12.0. The van der Waals surface area contributed by atoms with Gasteiger partial charge in [0.1, 0.15) is 23.3 Å². The Morgan fingerprint density at radius 2 is 1.90 bits per heavy atom. The summed E-state index contributed by atoms with van der Waals surface area (Å²) < 4.78 is 68.1. The van der Waals surface area contributed by atoms with Crippen molar-refractivity contribution < 1.29 is 21.6 Å². The summed E-state index contributed by atoms with van der Waals surface area (Å²) >= 11 is 6.60. The Morgan fingerprint density at radius 3 is 2.48 bits per heavy atom. The highest BCUT2D eigenvalue weighted by molar-refractivity contribution is 7.88. The summed E-state index contributed by atoms with van der Waals surface area (Å²) in [6.45, 7) is 1.31. The van der Waals surface area contributed by atoms with E-state index in [-0.39, 0.29) is 29.4 Å². The lowest BCUT2D eigenvalue weighted by Gasteiger charge is -2.30. The third-order valence-corrected chi connectivity index (χ3v) is 8.44. The maximum atomic E-state index is 13.9. The van der Waals surface area contributed by atoms with Gasteiger partial charge in [0, 0.05) is 44.1 Å². The fraction of sp³-hybridized carbons (Fsp3) is 0.480. The number of benzene rings is 1. The van der Waals surface area contributed by atoms with Gasteiger partial charge in [-0.25, -0.2) is 27.7 Å². The van der Waals surface area contributed by atoms with Gasteiger partial charge in [0.05, 0.1) is 17.0 Å². The van der Waals surface area contributed by atoms with E-state index in [1.165, 1.54) is 16.8 Å². The van der Waals surface area contributed by atoms with Gasteiger partial charge in [-0.2, -0.15) is 13.2 Å². The molecule has 2 N–H and O–H groups in total. The molecule has 0 bridgehead atoms. The van der Waals surface area contributed by atoms with Gasteiger partial charge in [-0.05, 0) is 51.7 Å². The predicted molar refractivity (Wildman–Crippen MR) is 148 cm³/mol. The lowest BCUT2D eigenvalue weighted by atomic mass is 10.1. The van der Waals surface area contributed by atoms with Gasteiger partial charge in [-0.15, -0.1) is 0 Å². The fourth-order valence-electron chi connectivity index (χ4n) is 4.68. The average Bonchev–Trinajstić information content (AvgIpc) is 3.36. The Kier molecular flexibility index (Phi) is 9.05. The Labute approximate surface area is 236 Å². The first-order valence-electron chi connectivity index (χ1n) is 12.6. The number of piperidine rings is 1. The molecule has 1 unspecified atom stereocenters. The number of nitrogens with one attached hydrogen (secondary N) is 2. The normalized spacial score (nSPS) is 16.4. The molecule has 0 amide bonds. The van der Waals surface area contributed by atoms with E-state index in [1.807, 2.05) is 33.3 Å². The van der Waals surface area contributed by atoms with Crippen molar-refractivity contribution in [2.75, 3.05) is 52.3 Å². The number of hydrogen-bond donors (Lipinski definition) is 2. The molecule has 0 aliphatic carbocycles. The molecule has 40 heavy (non-hydrogen) atoms. The van der Waals surface area contributed by atoms with Crippen LogP contribution in [0.4, 0.5) is 19.1 Å². The topological polar surface area (TPSA) is 108 Å². The molecule has 0 radical (unpaired) electrons. The molecule has 15 heteroatoms. The lowest BCUT2D eigenvalue weighted by molar-refractivity contribution is -0.137. The van der Waals surface area contributed by atoms with Crippen LogP contribution in [-0.2, 0) is 16.2 Å². The third kappa shape index (κ3) is 6.92. The smallest absolute Gasteiger partial charge is 0.351 e. The van der Waals surface area contributed by atoms with Crippen molar-refractivity contribution >= 4 is 27.6 Å². The molecule has 1 saturated heterocycles. The van der Waals surface area contributed by atoms with E-state index in [9.17, 15) is 21.6 Å².